The maximum absolute atomic E-state index is 14.0. The van der Waals surface area contributed by atoms with Gasteiger partial charge in [0.25, 0.3) is 0 Å². The molecule has 1 aliphatic heterocycles. The van der Waals surface area contributed by atoms with Crippen molar-refractivity contribution < 1.29 is 31.5 Å². The second-order valence-electron chi connectivity index (χ2n) is 6.68. The summed E-state index contributed by atoms with van der Waals surface area (Å²) in [6, 6.07) is 4.93. The van der Waals surface area contributed by atoms with Crippen molar-refractivity contribution in [3.63, 3.8) is 0 Å². The van der Waals surface area contributed by atoms with Crippen LogP contribution < -0.4 is 15.0 Å². The molecule has 0 saturated carbocycles. The van der Waals surface area contributed by atoms with Crippen molar-refractivity contribution >= 4 is 11.6 Å². The molecule has 0 aliphatic carbocycles. The predicted octanol–water partition coefficient (Wildman–Crippen LogP) is 4.03. The lowest BCUT2D eigenvalue weighted by Gasteiger charge is -2.33. The van der Waals surface area contributed by atoms with Crippen LogP contribution in [0.3, 0.4) is 0 Å². The standard InChI is InChI=1S/C19H18F5N3O2/c1-11(28)26-13-3-6-27(7-4-13)14-2-5-25-17(10-14)12-8-15(20)18(16(21)9-12)29-19(22,23)24/h2,5,8-10,13H,3-4,6-7H2,1H3,(H,26,28). The molecule has 1 saturated heterocycles. The van der Waals surface area contributed by atoms with Crippen LogP contribution in [0.25, 0.3) is 11.3 Å². The van der Waals surface area contributed by atoms with Crippen molar-refractivity contribution in [3.05, 3.63) is 42.1 Å². The fourth-order valence-corrected chi connectivity index (χ4v) is 3.26. The third-order valence-electron chi connectivity index (χ3n) is 4.52. The number of hydrogen-bond donors (Lipinski definition) is 1. The number of carbonyl (C=O) groups excluding carboxylic acids is 1. The highest BCUT2D eigenvalue weighted by Crippen LogP contribution is 2.33. The zero-order valence-electron chi connectivity index (χ0n) is 15.4. The molecule has 0 unspecified atom stereocenters. The van der Waals surface area contributed by atoms with Crippen LogP contribution in [0, 0.1) is 11.6 Å². The van der Waals surface area contributed by atoms with E-state index in [0.717, 1.165) is 30.7 Å². The average molecular weight is 415 g/mol. The molecule has 0 spiro atoms. The van der Waals surface area contributed by atoms with Crippen molar-refractivity contribution in [1.29, 1.82) is 0 Å². The van der Waals surface area contributed by atoms with Gasteiger partial charge in [-0.2, -0.15) is 0 Å². The molecule has 29 heavy (non-hydrogen) atoms. The summed E-state index contributed by atoms with van der Waals surface area (Å²) in [4.78, 5) is 17.3. The van der Waals surface area contributed by atoms with E-state index in [4.69, 9.17) is 0 Å². The number of benzene rings is 1. The topological polar surface area (TPSA) is 54.5 Å². The number of nitrogens with zero attached hydrogens (tertiary/aromatic N) is 2. The number of aromatic nitrogens is 1. The number of ether oxygens (including phenoxy) is 1. The first-order chi connectivity index (χ1) is 13.6. The van der Waals surface area contributed by atoms with Crippen LogP contribution >= 0.6 is 0 Å². The number of hydrogen-bond acceptors (Lipinski definition) is 4. The monoisotopic (exact) mass is 415 g/mol. The first-order valence-corrected chi connectivity index (χ1v) is 8.85. The first kappa shape index (κ1) is 20.8. The summed E-state index contributed by atoms with van der Waals surface area (Å²) in [7, 11) is 0. The number of amides is 1. The van der Waals surface area contributed by atoms with E-state index in [-0.39, 0.29) is 23.2 Å². The van der Waals surface area contributed by atoms with E-state index in [2.05, 4.69) is 15.0 Å². The van der Waals surface area contributed by atoms with Gasteiger partial charge in [-0.15, -0.1) is 13.2 Å². The minimum Gasteiger partial charge on any atom is -0.399 e. The van der Waals surface area contributed by atoms with E-state index in [0.29, 0.717) is 13.1 Å². The van der Waals surface area contributed by atoms with Gasteiger partial charge in [-0.05, 0) is 37.1 Å². The Morgan fingerprint density at radius 3 is 2.34 bits per heavy atom. The summed E-state index contributed by atoms with van der Waals surface area (Å²) in [6.07, 6.45) is -2.26. The molecule has 2 aromatic rings. The molecular formula is C19H18F5N3O2. The summed E-state index contributed by atoms with van der Waals surface area (Å²) < 4.78 is 68.2. The fourth-order valence-electron chi connectivity index (χ4n) is 3.26. The summed E-state index contributed by atoms with van der Waals surface area (Å²) in [5, 5.41) is 2.87. The summed E-state index contributed by atoms with van der Waals surface area (Å²) in [6.45, 7) is 2.79. The second kappa shape index (κ2) is 8.22. The Bertz CT molecular complexity index is 873. The summed E-state index contributed by atoms with van der Waals surface area (Å²) in [5.74, 6) is -4.53. The number of nitrogens with one attached hydrogen (secondary N) is 1. The zero-order chi connectivity index (χ0) is 21.2. The molecule has 156 valence electrons. The van der Waals surface area contributed by atoms with Crippen molar-refractivity contribution in [2.75, 3.05) is 18.0 Å². The zero-order valence-corrected chi connectivity index (χ0v) is 15.4. The maximum atomic E-state index is 14.0. The molecule has 5 nitrogen and oxygen atoms in total. The number of halogens is 5. The molecule has 1 fully saturated rings. The summed E-state index contributed by atoms with van der Waals surface area (Å²) in [5.41, 5.74) is 0.958. The molecule has 1 aliphatic rings. The van der Waals surface area contributed by atoms with Crippen molar-refractivity contribution in [2.45, 2.75) is 32.2 Å². The van der Waals surface area contributed by atoms with Gasteiger partial charge >= 0.3 is 6.36 Å². The van der Waals surface area contributed by atoms with E-state index in [1.54, 1.807) is 12.1 Å². The van der Waals surface area contributed by atoms with E-state index in [1.165, 1.54) is 13.1 Å². The second-order valence-corrected chi connectivity index (χ2v) is 6.68. The maximum Gasteiger partial charge on any atom is 0.573 e. The summed E-state index contributed by atoms with van der Waals surface area (Å²) >= 11 is 0. The van der Waals surface area contributed by atoms with E-state index >= 15 is 0 Å². The lowest BCUT2D eigenvalue weighted by Crippen LogP contribution is -2.44. The van der Waals surface area contributed by atoms with Gasteiger partial charge in [0.15, 0.2) is 11.6 Å². The van der Waals surface area contributed by atoms with Gasteiger partial charge in [-0.1, -0.05) is 0 Å². The molecule has 3 rings (SSSR count). The number of piperidine rings is 1. The molecular weight excluding hydrogens is 397 g/mol. The molecule has 1 aromatic carbocycles. The van der Waals surface area contributed by atoms with E-state index < -0.39 is 23.7 Å². The lowest BCUT2D eigenvalue weighted by molar-refractivity contribution is -0.276. The van der Waals surface area contributed by atoms with Crippen LogP contribution in [0.1, 0.15) is 19.8 Å². The number of pyridine rings is 1. The van der Waals surface area contributed by atoms with Crippen LogP contribution in [0.15, 0.2) is 30.5 Å². The van der Waals surface area contributed by atoms with Crippen molar-refractivity contribution in [1.82, 2.24) is 10.3 Å². The predicted molar refractivity (Wildman–Crippen MR) is 95.3 cm³/mol. The highest BCUT2D eigenvalue weighted by molar-refractivity contribution is 5.73. The van der Waals surface area contributed by atoms with Crippen LogP contribution in [-0.2, 0) is 4.79 Å². The van der Waals surface area contributed by atoms with Gasteiger partial charge in [-0.3, -0.25) is 9.78 Å². The van der Waals surface area contributed by atoms with E-state index in [1.807, 2.05) is 4.90 Å². The quantitative estimate of drug-likeness (QED) is 0.767. The average Bonchev–Trinajstić information content (AvgIpc) is 2.64. The smallest absolute Gasteiger partial charge is 0.399 e. The molecule has 10 heteroatoms. The van der Waals surface area contributed by atoms with Gasteiger partial charge in [0, 0.05) is 43.5 Å². The van der Waals surface area contributed by atoms with Gasteiger partial charge in [-0.25, -0.2) is 8.78 Å². The minimum atomic E-state index is -5.20. The van der Waals surface area contributed by atoms with Crippen LogP contribution in [0.2, 0.25) is 0 Å². The van der Waals surface area contributed by atoms with Crippen LogP contribution in [0.4, 0.5) is 27.6 Å². The number of rotatable bonds is 4. The molecule has 0 radical (unpaired) electrons. The van der Waals surface area contributed by atoms with Gasteiger partial charge in [0.2, 0.25) is 11.7 Å². The number of carbonyl (C=O) groups is 1. The highest BCUT2D eigenvalue weighted by atomic mass is 19.4. The van der Waals surface area contributed by atoms with Crippen molar-refractivity contribution in [2.24, 2.45) is 0 Å². The highest BCUT2D eigenvalue weighted by Gasteiger charge is 2.34. The first-order valence-electron chi connectivity index (χ1n) is 8.85. The molecule has 1 aromatic heterocycles. The molecule has 2 heterocycles. The Kier molecular flexibility index (Phi) is 5.90. The Hall–Kier alpha value is -2.91. The SMILES string of the molecule is CC(=O)NC1CCN(c2ccnc(-c3cc(F)c(OC(F)(F)F)c(F)c3)c2)CC1. The molecule has 0 atom stereocenters. The third-order valence-corrected chi connectivity index (χ3v) is 4.52. The lowest BCUT2D eigenvalue weighted by atomic mass is 10.0. The number of anilines is 1. The normalized spacial score (nSPS) is 15.3. The largest absolute Gasteiger partial charge is 0.573 e. The fraction of sp³-hybridized carbons (Fsp3) is 0.368. The Morgan fingerprint density at radius 2 is 1.79 bits per heavy atom. The van der Waals surface area contributed by atoms with Crippen LogP contribution in [-0.4, -0.2) is 36.4 Å². The van der Waals surface area contributed by atoms with E-state index in [9.17, 15) is 26.7 Å². The Morgan fingerprint density at radius 1 is 1.17 bits per heavy atom. The Labute approximate surface area is 163 Å². The molecule has 1 amide bonds. The Balaban J connectivity index is 1.79. The third kappa shape index (κ3) is 5.33. The molecule has 0 bridgehead atoms. The minimum absolute atomic E-state index is 0.00972. The van der Waals surface area contributed by atoms with Crippen molar-refractivity contribution in [3.8, 4) is 17.0 Å². The van der Waals surface area contributed by atoms with Gasteiger partial charge in [0.05, 0.1) is 5.69 Å². The van der Waals surface area contributed by atoms with Crippen LogP contribution in [0.5, 0.6) is 5.75 Å². The molecule has 1 N–H and O–H groups in total. The van der Waals surface area contributed by atoms with Gasteiger partial charge in [0.1, 0.15) is 0 Å². The van der Waals surface area contributed by atoms with Gasteiger partial charge < -0.3 is 15.0 Å². The number of alkyl halides is 3.